The SMILES string of the molecule is COC(=O)c1ccc(CN(C)c2ncccn2)cc1. The molecule has 2 aromatic rings. The zero-order valence-electron chi connectivity index (χ0n) is 10.9. The van der Waals surface area contributed by atoms with Crippen molar-refractivity contribution in [2.24, 2.45) is 0 Å². The van der Waals surface area contributed by atoms with Gasteiger partial charge in [-0.05, 0) is 23.8 Å². The molecule has 1 aromatic heterocycles. The topological polar surface area (TPSA) is 55.3 Å². The number of anilines is 1. The van der Waals surface area contributed by atoms with E-state index in [4.69, 9.17) is 0 Å². The lowest BCUT2D eigenvalue weighted by Gasteiger charge is -2.16. The van der Waals surface area contributed by atoms with Gasteiger partial charge in [-0.15, -0.1) is 0 Å². The Morgan fingerprint density at radius 2 is 1.84 bits per heavy atom. The highest BCUT2D eigenvalue weighted by molar-refractivity contribution is 5.89. The van der Waals surface area contributed by atoms with E-state index in [2.05, 4.69) is 14.7 Å². The van der Waals surface area contributed by atoms with E-state index in [1.165, 1.54) is 7.11 Å². The van der Waals surface area contributed by atoms with Crippen molar-refractivity contribution in [2.75, 3.05) is 19.1 Å². The molecule has 0 saturated heterocycles. The Labute approximate surface area is 111 Å². The molecule has 5 nitrogen and oxygen atoms in total. The van der Waals surface area contributed by atoms with Gasteiger partial charge in [-0.2, -0.15) is 0 Å². The summed E-state index contributed by atoms with van der Waals surface area (Å²) in [5.41, 5.74) is 1.62. The van der Waals surface area contributed by atoms with Crippen molar-refractivity contribution in [3.63, 3.8) is 0 Å². The van der Waals surface area contributed by atoms with Crippen LogP contribution < -0.4 is 4.90 Å². The normalized spacial score (nSPS) is 10.0. The quantitative estimate of drug-likeness (QED) is 0.783. The van der Waals surface area contributed by atoms with Crippen LogP contribution in [0.15, 0.2) is 42.7 Å². The van der Waals surface area contributed by atoms with Gasteiger partial charge in [0.1, 0.15) is 0 Å². The molecule has 0 bridgehead atoms. The van der Waals surface area contributed by atoms with E-state index in [-0.39, 0.29) is 5.97 Å². The maximum Gasteiger partial charge on any atom is 0.337 e. The van der Waals surface area contributed by atoms with Gasteiger partial charge >= 0.3 is 5.97 Å². The number of benzene rings is 1. The van der Waals surface area contributed by atoms with Gasteiger partial charge in [0.05, 0.1) is 12.7 Å². The number of methoxy groups -OCH3 is 1. The summed E-state index contributed by atoms with van der Waals surface area (Å²) in [4.78, 5) is 21.6. The standard InChI is InChI=1S/C14H15N3O2/c1-17(14-15-8-3-9-16-14)10-11-4-6-12(7-5-11)13(18)19-2/h3-9H,10H2,1-2H3. The Bertz CT molecular complexity index is 540. The first-order valence-electron chi connectivity index (χ1n) is 5.86. The number of ether oxygens (including phenoxy) is 1. The molecule has 2 rings (SSSR count). The highest BCUT2D eigenvalue weighted by Crippen LogP contribution is 2.11. The van der Waals surface area contributed by atoms with Crippen molar-refractivity contribution < 1.29 is 9.53 Å². The molecule has 1 heterocycles. The predicted octanol–water partition coefficient (Wildman–Crippen LogP) is 1.90. The molecule has 0 radical (unpaired) electrons. The van der Waals surface area contributed by atoms with E-state index < -0.39 is 0 Å². The van der Waals surface area contributed by atoms with Gasteiger partial charge in [0.15, 0.2) is 0 Å². The van der Waals surface area contributed by atoms with Crippen LogP contribution in [-0.2, 0) is 11.3 Å². The summed E-state index contributed by atoms with van der Waals surface area (Å²) in [6, 6.07) is 9.07. The summed E-state index contributed by atoms with van der Waals surface area (Å²) in [6.07, 6.45) is 3.42. The van der Waals surface area contributed by atoms with E-state index in [1.54, 1.807) is 30.6 Å². The summed E-state index contributed by atoms with van der Waals surface area (Å²) < 4.78 is 4.66. The van der Waals surface area contributed by atoms with Crippen molar-refractivity contribution in [1.82, 2.24) is 9.97 Å². The molecule has 0 aliphatic carbocycles. The van der Waals surface area contributed by atoms with Crippen LogP contribution >= 0.6 is 0 Å². The number of carbonyl (C=O) groups is 1. The number of esters is 1. The zero-order chi connectivity index (χ0) is 13.7. The maximum absolute atomic E-state index is 11.3. The lowest BCUT2D eigenvalue weighted by Crippen LogP contribution is -2.18. The molecule has 1 aromatic carbocycles. The molecule has 0 N–H and O–H groups in total. The van der Waals surface area contributed by atoms with Crippen molar-refractivity contribution in [3.05, 3.63) is 53.9 Å². The fraction of sp³-hybridized carbons (Fsp3) is 0.214. The molecule has 0 saturated carbocycles. The average molecular weight is 257 g/mol. The van der Waals surface area contributed by atoms with E-state index in [9.17, 15) is 4.79 Å². The Hall–Kier alpha value is -2.43. The molecule has 98 valence electrons. The zero-order valence-corrected chi connectivity index (χ0v) is 10.9. The summed E-state index contributed by atoms with van der Waals surface area (Å²) in [6.45, 7) is 0.672. The minimum absolute atomic E-state index is 0.328. The van der Waals surface area contributed by atoms with Crippen molar-refractivity contribution in [3.8, 4) is 0 Å². The summed E-state index contributed by atoms with van der Waals surface area (Å²) >= 11 is 0. The van der Waals surface area contributed by atoms with Crippen molar-refractivity contribution in [1.29, 1.82) is 0 Å². The Morgan fingerprint density at radius 1 is 1.21 bits per heavy atom. The molecule has 0 spiro atoms. The second kappa shape index (κ2) is 5.95. The molecule has 0 atom stereocenters. The first-order chi connectivity index (χ1) is 9.20. The largest absolute Gasteiger partial charge is 0.465 e. The van der Waals surface area contributed by atoms with Gasteiger partial charge in [0, 0.05) is 26.0 Å². The monoisotopic (exact) mass is 257 g/mol. The maximum atomic E-state index is 11.3. The first-order valence-corrected chi connectivity index (χ1v) is 5.86. The molecule has 0 aliphatic rings. The fourth-order valence-corrected chi connectivity index (χ4v) is 1.70. The van der Waals surface area contributed by atoms with Gasteiger partial charge in [-0.25, -0.2) is 14.8 Å². The van der Waals surface area contributed by atoms with Gasteiger partial charge in [-0.3, -0.25) is 0 Å². The molecular formula is C14H15N3O2. The number of nitrogens with zero attached hydrogens (tertiary/aromatic N) is 3. The van der Waals surface area contributed by atoms with Gasteiger partial charge in [0.25, 0.3) is 0 Å². The number of carbonyl (C=O) groups excluding carboxylic acids is 1. The highest BCUT2D eigenvalue weighted by atomic mass is 16.5. The lowest BCUT2D eigenvalue weighted by molar-refractivity contribution is 0.0600. The predicted molar refractivity (Wildman–Crippen MR) is 71.9 cm³/mol. The minimum atomic E-state index is -0.328. The third-order valence-corrected chi connectivity index (χ3v) is 2.69. The molecule has 19 heavy (non-hydrogen) atoms. The van der Waals surface area contributed by atoms with Gasteiger partial charge < -0.3 is 9.64 Å². The molecule has 0 unspecified atom stereocenters. The van der Waals surface area contributed by atoms with Gasteiger partial charge in [-0.1, -0.05) is 12.1 Å². The highest BCUT2D eigenvalue weighted by Gasteiger charge is 2.07. The van der Waals surface area contributed by atoms with Crippen LogP contribution in [0.25, 0.3) is 0 Å². The van der Waals surface area contributed by atoms with E-state index >= 15 is 0 Å². The third kappa shape index (κ3) is 3.28. The van der Waals surface area contributed by atoms with Crippen molar-refractivity contribution >= 4 is 11.9 Å². The van der Waals surface area contributed by atoms with E-state index in [0.29, 0.717) is 18.1 Å². The molecule has 5 heteroatoms. The van der Waals surface area contributed by atoms with Crippen LogP contribution in [0.1, 0.15) is 15.9 Å². The van der Waals surface area contributed by atoms with Crippen molar-refractivity contribution in [2.45, 2.75) is 6.54 Å². The number of aromatic nitrogens is 2. The second-order valence-electron chi connectivity index (χ2n) is 4.09. The average Bonchev–Trinajstić information content (AvgIpc) is 2.48. The van der Waals surface area contributed by atoms with Crippen LogP contribution in [0.2, 0.25) is 0 Å². The van der Waals surface area contributed by atoms with Crippen LogP contribution in [0.4, 0.5) is 5.95 Å². The lowest BCUT2D eigenvalue weighted by atomic mass is 10.1. The smallest absolute Gasteiger partial charge is 0.337 e. The Morgan fingerprint density at radius 3 is 2.42 bits per heavy atom. The van der Waals surface area contributed by atoms with Crippen LogP contribution in [0, 0.1) is 0 Å². The molecule has 0 amide bonds. The Kier molecular flexibility index (Phi) is 4.07. The molecular weight excluding hydrogens is 242 g/mol. The third-order valence-electron chi connectivity index (χ3n) is 2.69. The summed E-state index contributed by atoms with van der Waals surface area (Å²) in [5, 5.41) is 0. The second-order valence-corrected chi connectivity index (χ2v) is 4.09. The number of hydrogen-bond donors (Lipinski definition) is 0. The Balaban J connectivity index is 2.06. The molecule has 0 aliphatic heterocycles. The number of rotatable bonds is 4. The summed E-state index contributed by atoms with van der Waals surface area (Å²) in [5.74, 6) is 0.339. The summed E-state index contributed by atoms with van der Waals surface area (Å²) in [7, 11) is 3.29. The molecule has 0 fully saturated rings. The van der Waals surface area contributed by atoms with E-state index in [1.807, 2.05) is 24.1 Å². The fourth-order valence-electron chi connectivity index (χ4n) is 1.70. The first kappa shape index (κ1) is 13.0. The number of hydrogen-bond acceptors (Lipinski definition) is 5. The van der Waals surface area contributed by atoms with Gasteiger partial charge in [0.2, 0.25) is 5.95 Å². The minimum Gasteiger partial charge on any atom is -0.465 e. The van der Waals surface area contributed by atoms with Crippen LogP contribution in [0.5, 0.6) is 0 Å². The van der Waals surface area contributed by atoms with E-state index in [0.717, 1.165) is 5.56 Å². The van der Waals surface area contributed by atoms with Crippen LogP contribution in [-0.4, -0.2) is 30.1 Å². The van der Waals surface area contributed by atoms with Crippen LogP contribution in [0.3, 0.4) is 0 Å².